The summed E-state index contributed by atoms with van der Waals surface area (Å²) in [6, 6.07) is 0.495. The fourth-order valence-electron chi connectivity index (χ4n) is 1.76. The van der Waals surface area contributed by atoms with Gasteiger partial charge in [-0.05, 0) is 13.1 Å². The van der Waals surface area contributed by atoms with Gasteiger partial charge in [0, 0.05) is 32.0 Å². The molecule has 0 aliphatic rings. The molecule has 5 heteroatoms. The zero-order chi connectivity index (χ0) is 13.4. The number of nitrogens with one attached hydrogen (secondary N) is 1. The summed E-state index contributed by atoms with van der Waals surface area (Å²) in [7, 11) is 0. The molecular formula is C13H26N4O. The Morgan fingerprint density at radius 3 is 2.56 bits per heavy atom. The van der Waals surface area contributed by atoms with E-state index in [0.29, 0.717) is 6.04 Å². The molecular weight excluding hydrogens is 228 g/mol. The van der Waals surface area contributed by atoms with Gasteiger partial charge in [0.15, 0.2) is 5.82 Å². The molecule has 0 saturated carbocycles. The second-order valence-corrected chi connectivity index (χ2v) is 4.74. The highest BCUT2D eigenvalue weighted by Gasteiger charge is 2.07. The van der Waals surface area contributed by atoms with Crippen molar-refractivity contribution in [2.45, 2.75) is 46.6 Å². The first-order chi connectivity index (χ1) is 8.65. The lowest BCUT2D eigenvalue weighted by Crippen LogP contribution is -2.25. The smallest absolute Gasteiger partial charge is 0.227 e. The topological polar surface area (TPSA) is 54.2 Å². The first-order valence-corrected chi connectivity index (χ1v) is 6.92. The van der Waals surface area contributed by atoms with Crippen LogP contribution in [0.4, 0.5) is 0 Å². The van der Waals surface area contributed by atoms with Gasteiger partial charge in [-0.25, -0.2) is 0 Å². The monoisotopic (exact) mass is 254 g/mol. The quantitative estimate of drug-likeness (QED) is 0.723. The van der Waals surface area contributed by atoms with Crippen molar-refractivity contribution in [2.24, 2.45) is 0 Å². The normalized spacial score (nSPS) is 11.7. The molecule has 0 spiro atoms. The van der Waals surface area contributed by atoms with Crippen LogP contribution in [0.15, 0.2) is 4.52 Å². The van der Waals surface area contributed by atoms with Gasteiger partial charge in [0.05, 0.1) is 0 Å². The van der Waals surface area contributed by atoms with Gasteiger partial charge < -0.3 is 14.7 Å². The highest BCUT2D eigenvalue weighted by molar-refractivity contribution is 4.88. The van der Waals surface area contributed by atoms with Crippen LogP contribution < -0.4 is 5.32 Å². The molecule has 0 radical (unpaired) electrons. The van der Waals surface area contributed by atoms with E-state index in [9.17, 15) is 0 Å². The van der Waals surface area contributed by atoms with Crippen molar-refractivity contribution in [1.82, 2.24) is 20.4 Å². The van der Waals surface area contributed by atoms with E-state index in [1.54, 1.807) is 0 Å². The van der Waals surface area contributed by atoms with Gasteiger partial charge in [-0.3, -0.25) is 0 Å². The summed E-state index contributed by atoms with van der Waals surface area (Å²) in [5.74, 6) is 1.55. The number of aromatic nitrogens is 2. The standard InChI is InChI=1S/C13H26N4O/c1-5-17(6-2)10-8-12-15-13(18-16-12)7-9-14-11(3)4/h11,14H,5-10H2,1-4H3. The molecule has 0 atom stereocenters. The number of rotatable bonds is 9. The summed E-state index contributed by atoms with van der Waals surface area (Å²) in [5.41, 5.74) is 0. The Hall–Kier alpha value is -0.940. The van der Waals surface area contributed by atoms with Gasteiger partial charge >= 0.3 is 0 Å². The highest BCUT2D eigenvalue weighted by atomic mass is 16.5. The minimum absolute atomic E-state index is 0.495. The lowest BCUT2D eigenvalue weighted by atomic mass is 10.3. The van der Waals surface area contributed by atoms with E-state index in [-0.39, 0.29) is 0 Å². The predicted octanol–water partition coefficient (Wildman–Crippen LogP) is 1.49. The second kappa shape index (κ2) is 8.21. The first kappa shape index (κ1) is 15.1. The minimum atomic E-state index is 0.495. The number of hydrogen-bond acceptors (Lipinski definition) is 5. The Balaban J connectivity index is 2.29. The molecule has 0 bridgehead atoms. The van der Waals surface area contributed by atoms with Crippen molar-refractivity contribution in [2.75, 3.05) is 26.2 Å². The van der Waals surface area contributed by atoms with Crippen LogP contribution in [0.3, 0.4) is 0 Å². The van der Waals surface area contributed by atoms with Crippen LogP contribution in [0.25, 0.3) is 0 Å². The van der Waals surface area contributed by atoms with Crippen molar-refractivity contribution in [1.29, 1.82) is 0 Å². The van der Waals surface area contributed by atoms with Crippen molar-refractivity contribution >= 4 is 0 Å². The zero-order valence-electron chi connectivity index (χ0n) is 12.1. The SMILES string of the molecule is CCN(CC)CCc1noc(CCNC(C)C)n1. The molecule has 1 aromatic rings. The van der Waals surface area contributed by atoms with Gasteiger partial charge in [-0.15, -0.1) is 0 Å². The van der Waals surface area contributed by atoms with Crippen molar-refractivity contribution < 1.29 is 4.52 Å². The number of hydrogen-bond donors (Lipinski definition) is 1. The lowest BCUT2D eigenvalue weighted by Gasteiger charge is -2.16. The summed E-state index contributed by atoms with van der Waals surface area (Å²) in [6.45, 7) is 12.6. The fraction of sp³-hybridized carbons (Fsp3) is 0.846. The van der Waals surface area contributed by atoms with Crippen LogP contribution >= 0.6 is 0 Å². The Labute approximate surface area is 110 Å². The Morgan fingerprint density at radius 1 is 1.22 bits per heavy atom. The summed E-state index contributed by atoms with van der Waals surface area (Å²) in [5, 5.41) is 7.35. The molecule has 18 heavy (non-hydrogen) atoms. The lowest BCUT2D eigenvalue weighted by molar-refractivity contribution is 0.302. The number of likely N-dealkylation sites (N-methyl/N-ethyl adjacent to an activating group) is 1. The Bertz CT molecular complexity index is 321. The minimum Gasteiger partial charge on any atom is -0.339 e. The average molecular weight is 254 g/mol. The maximum atomic E-state index is 5.23. The summed E-state index contributed by atoms with van der Waals surface area (Å²) in [4.78, 5) is 6.76. The average Bonchev–Trinajstić information content (AvgIpc) is 2.78. The van der Waals surface area contributed by atoms with E-state index in [0.717, 1.165) is 50.7 Å². The third-order valence-corrected chi connectivity index (χ3v) is 2.95. The molecule has 0 aromatic carbocycles. The van der Waals surface area contributed by atoms with Gasteiger partial charge in [0.1, 0.15) is 0 Å². The molecule has 1 heterocycles. The first-order valence-electron chi connectivity index (χ1n) is 6.92. The molecule has 0 amide bonds. The summed E-state index contributed by atoms with van der Waals surface area (Å²) < 4.78 is 5.23. The van der Waals surface area contributed by atoms with E-state index in [4.69, 9.17) is 4.52 Å². The van der Waals surface area contributed by atoms with E-state index < -0.39 is 0 Å². The van der Waals surface area contributed by atoms with Crippen LogP contribution in [0.1, 0.15) is 39.4 Å². The van der Waals surface area contributed by atoms with Crippen molar-refractivity contribution in [3.05, 3.63) is 11.7 Å². The molecule has 1 aromatic heterocycles. The summed E-state index contributed by atoms with van der Waals surface area (Å²) >= 11 is 0. The zero-order valence-corrected chi connectivity index (χ0v) is 12.1. The van der Waals surface area contributed by atoms with Crippen molar-refractivity contribution in [3.63, 3.8) is 0 Å². The predicted molar refractivity (Wildman–Crippen MR) is 72.6 cm³/mol. The van der Waals surface area contributed by atoms with Crippen LogP contribution in [-0.2, 0) is 12.8 Å². The molecule has 0 aliphatic heterocycles. The molecule has 1 rings (SSSR count). The van der Waals surface area contributed by atoms with E-state index >= 15 is 0 Å². The van der Waals surface area contributed by atoms with E-state index in [1.807, 2.05) is 0 Å². The van der Waals surface area contributed by atoms with Gasteiger partial charge in [-0.2, -0.15) is 4.98 Å². The molecule has 0 unspecified atom stereocenters. The van der Waals surface area contributed by atoms with E-state index in [1.165, 1.54) is 0 Å². The second-order valence-electron chi connectivity index (χ2n) is 4.74. The molecule has 0 fully saturated rings. The molecule has 5 nitrogen and oxygen atoms in total. The molecule has 0 saturated heterocycles. The maximum absolute atomic E-state index is 5.23. The Morgan fingerprint density at radius 2 is 1.94 bits per heavy atom. The summed E-state index contributed by atoms with van der Waals surface area (Å²) in [6.07, 6.45) is 1.67. The van der Waals surface area contributed by atoms with Crippen molar-refractivity contribution in [3.8, 4) is 0 Å². The molecule has 1 N–H and O–H groups in total. The number of nitrogens with zero attached hydrogens (tertiary/aromatic N) is 3. The molecule has 104 valence electrons. The largest absolute Gasteiger partial charge is 0.339 e. The third kappa shape index (κ3) is 5.60. The van der Waals surface area contributed by atoms with Gasteiger partial charge in [0.25, 0.3) is 0 Å². The third-order valence-electron chi connectivity index (χ3n) is 2.95. The van der Waals surface area contributed by atoms with Crippen LogP contribution in [-0.4, -0.2) is 47.3 Å². The van der Waals surface area contributed by atoms with E-state index in [2.05, 4.69) is 48.1 Å². The Kier molecular flexibility index (Phi) is 6.90. The maximum Gasteiger partial charge on any atom is 0.227 e. The fourth-order valence-corrected chi connectivity index (χ4v) is 1.76. The van der Waals surface area contributed by atoms with Gasteiger partial charge in [0.2, 0.25) is 5.89 Å². The van der Waals surface area contributed by atoms with Gasteiger partial charge in [-0.1, -0.05) is 32.9 Å². The molecule has 0 aliphatic carbocycles. The van der Waals surface area contributed by atoms with Crippen LogP contribution in [0.5, 0.6) is 0 Å². The van der Waals surface area contributed by atoms with Crippen LogP contribution in [0, 0.1) is 0 Å². The van der Waals surface area contributed by atoms with Crippen LogP contribution in [0.2, 0.25) is 0 Å². The highest BCUT2D eigenvalue weighted by Crippen LogP contribution is 2.00.